The number of benzene rings is 1. The second-order valence-corrected chi connectivity index (χ2v) is 3.51. The predicted molar refractivity (Wildman–Crippen MR) is 62.9 cm³/mol. The van der Waals surface area contributed by atoms with E-state index in [0.29, 0.717) is 11.5 Å². The van der Waals surface area contributed by atoms with Gasteiger partial charge >= 0.3 is 0 Å². The van der Waals surface area contributed by atoms with Crippen LogP contribution in [0.15, 0.2) is 35.4 Å². The minimum atomic E-state index is -0.440. The molecule has 0 spiro atoms. The molecule has 0 radical (unpaired) electrons. The fourth-order valence-electron chi connectivity index (χ4n) is 1.19. The Bertz CT molecular complexity index is 566. The molecule has 1 N–H and O–H groups in total. The average molecular weight is 253 g/mol. The summed E-state index contributed by atoms with van der Waals surface area (Å²) in [4.78, 5) is 17.4. The SMILES string of the molecule is COc1ccc(Oc2nc[nH]c(=O)c2Cl)cc1. The Morgan fingerprint density at radius 1 is 1.24 bits per heavy atom. The van der Waals surface area contributed by atoms with Gasteiger partial charge in [-0.2, -0.15) is 0 Å². The quantitative estimate of drug-likeness (QED) is 0.910. The summed E-state index contributed by atoms with van der Waals surface area (Å²) in [6, 6.07) is 6.85. The van der Waals surface area contributed by atoms with Crippen LogP contribution >= 0.6 is 11.6 Å². The van der Waals surface area contributed by atoms with Gasteiger partial charge in [0.1, 0.15) is 11.5 Å². The van der Waals surface area contributed by atoms with E-state index in [9.17, 15) is 4.79 Å². The number of hydrogen-bond donors (Lipinski definition) is 1. The van der Waals surface area contributed by atoms with Gasteiger partial charge in [-0.1, -0.05) is 11.6 Å². The highest BCUT2D eigenvalue weighted by Gasteiger charge is 2.08. The summed E-state index contributed by atoms with van der Waals surface area (Å²) in [6.45, 7) is 0. The van der Waals surface area contributed by atoms with Crippen molar-refractivity contribution in [3.63, 3.8) is 0 Å². The summed E-state index contributed by atoms with van der Waals surface area (Å²) in [6.07, 6.45) is 1.23. The fourth-order valence-corrected chi connectivity index (χ4v) is 1.34. The highest BCUT2D eigenvalue weighted by atomic mass is 35.5. The van der Waals surface area contributed by atoms with Crippen molar-refractivity contribution in [1.29, 1.82) is 0 Å². The molecule has 0 aliphatic rings. The third kappa shape index (κ3) is 2.57. The Morgan fingerprint density at radius 2 is 1.88 bits per heavy atom. The molecule has 0 fully saturated rings. The minimum Gasteiger partial charge on any atom is -0.497 e. The van der Waals surface area contributed by atoms with E-state index in [-0.39, 0.29) is 10.9 Å². The molecule has 0 saturated heterocycles. The third-order valence-electron chi connectivity index (χ3n) is 2.04. The number of H-pyrrole nitrogens is 1. The fraction of sp³-hybridized carbons (Fsp3) is 0.0909. The number of aromatic nitrogens is 2. The maximum atomic E-state index is 11.2. The highest BCUT2D eigenvalue weighted by Crippen LogP contribution is 2.25. The van der Waals surface area contributed by atoms with Crippen LogP contribution in [-0.2, 0) is 0 Å². The lowest BCUT2D eigenvalue weighted by Gasteiger charge is -2.06. The van der Waals surface area contributed by atoms with E-state index in [2.05, 4.69) is 9.97 Å². The molecule has 0 unspecified atom stereocenters. The molecule has 5 nitrogen and oxygen atoms in total. The Morgan fingerprint density at radius 3 is 2.53 bits per heavy atom. The second-order valence-electron chi connectivity index (χ2n) is 3.13. The first-order chi connectivity index (χ1) is 8.20. The van der Waals surface area contributed by atoms with Gasteiger partial charge in [-0.05, 0) is 24.3 Å². The number of methoxy groups -OCH3 is 1. The monoisotopic (exact) mass is 252 g/mol. The molecular formula is C11H9ClN2O3. The normalized spacial score (nSPS) is 10.0. The zero-order valence-corrected chi connectivity index (χ0v) is 9.69. The largest absolute Gasteiger partial charge is 0.497 e. The van der Waals surface area contributed by atoms with E-state index >= 15 is 0 Å². The number of aromatic amines is 1. The van der Waals surface area contributed by atoms with E-state index in [1.165, 1.54) is 6.33 Å². The molecule has 17 heavy (non-hydrogen) atoms. The van der Waals surface area contributed by atoms with Gasteiger partial charge in [-0.3, -0.25) is 4.79 Å². The van der Waals surface area contributed by atoms with Gasteiger partial charge in [-0.25, -0.2) is 4.98 Å². The van der Waals surface area contributed by atoms with E-state index in [4.69, 9.17) is 21.1 Å². The molecule has 2 rings (SSSR count). The minimum absolute atomic E-state index is 0.0700. The zero-order valence-electron chi connectivity index (χ0n) is 8.94. The molecule has 88 valence electrons. The van der Waals surface area contributed by atoms with Gasteiger partial charge < -0.3 is 14.5 Å². The van der Waals surface area contributed by atoms with Crippen LogP contribution in [0, 0.1) is 0 Å². The van der Waals surface area contributed by atoms with E-state index in [1.54, 1.807) is 31.4 Å². The topological polar surface area (TPSA) is 64.2 Å². The predicted octanol–water partition coefficient (Wildman–Crippen LogP) is 2.22. The maximum absolute atomic E-state index is 11.2. The lowest BCUT2D eigenvalue weighted by molar-refractivity contribution is 0.412. The number of nitrogens with zero attached hydrogens (tertiary/aromatic N) is 1. The van der Waals surface area contributed by atoms with Crippen LogP contribution in [0.2, 0.25) is 5.02 Å². The molecule has 0 saturated carbocycles. The summed E-state index contributed by atoms with van der Waals surface area (Å²) >= 11 is 5.75. The van der Waals surface area contributed by atoms with Gasteiger partial charge in [0, 0.05) is 0 Å². The summed E-state index contributed by atoms with van der Waals surface area (Å²) in [5.41, 5.74) is -0.440. The number of ether oxygens (including phenoxy) is 2. The highest BCUT2D eigenvalue weighted by molar-refractivity contribution is 6.31. The summed E-state index contributed by atoms with van der Waals surface area (Å²) < 4.78 is 10.4. The molecule has 1 aromatic carbocycles. The van der Waals surface area contributed by atoms with Crippen LogP contribution in [0.3, 0.4) is 0 Å². The van der Waals surface area contributed by atoms with Crippen LogP contribution in [0.1, 0.15) is 0 Å². The average Bonchev–Trinajstić information content (AvgIpc) is 2.36. The maximum Gasteiger partial charge on any atom is 0.273 e. The van der Waals surface area contributed by atoms with Crippen molar-refractivity contribution in [3.05, 3.63) is 46.0 Å². The van der Waals surface area contributed by atoms with Gasteiger partial charge in [0.2, 0.25) is 5.88 Å². The molecule has 1 aromatic heterocycles. The molecule has 1 heterocycles. The molecule has 0 bridgehead atoms. The van der Waals surface area contributed by atoms with Gasteiger partial charge in [0.05, 0.1) is 13.4 Å². The van der Waals surface area contributed by atoms with E-state index in [0.717, 1.165) is 0 Å². The molecule has 0 amide bonds. The van der Waals surface area contributed by atoms with Crippen LogP contribution in [-0.4, -0.2) is 17.1 Å². The van der Waals surface area contributed by atoms with Crippen molar-refractivity contribution < 1.29 is 9.47 Å². The van der Waals surface area contributed by atoms with Crippen molar-refractivity contribution in [2.24, 2.45) is 0 Å². The Kier molecular flexibility index (Phi) is 3.30. The Balaban J connectivity index is 2.25. The number of halogens is 1. The van der Waals surface area contributed by atoms with Gasteiger partial charge in [0.15, 0.2) is 5.02 Å². The van der Waals surface area contributed by atoms with Crippen molar-refractivity contribution in [3.8, 4) is 17.4 Å². The summed E-state index contributed by atoms with van der Waals surface area (Å²) in [7, 11) is 1.57. The van der Waals surface area contributed by atoms with Crippen LogP contribution in [0.5, 0.6) is 17.4 Å². The molecule has 6 heteroatoms. The molecular weight excluding hydrogens is 244 g/mol. The van der Waals surface area contributed by atoms with Crippen LogP contribution < -0.4 is 15.0 Å². The van der Waals surface area contributed by atoms with Gasteiger partial charge in [0.25, 0.3) is 5.56 Å². The van der Waals surface area contributed by atoms with Crippen LogP contribution in [0.25, 0.3) is 0 Å². The smallest absolute Gasteiger partial charge is 0.273 e. The van der Waals surface area contributed by atoms with Crippen molar-refractivity contribution >= 4 is 11.6 Å². The van der Waals surface area contributed by atoms with E-state index in [1.807, 2.05) is 0 Å². The molecule has 0 aliphatic carbocycles. The zero-order chi connectivity index (χ0) is 12.3. The lowest BCUT2D eigenvalue weighted by Crippen LogP contribution is -2.07. The van der Waals surface area contributed by atoms with Crippen LogP contribution in [0.4, 0.5) is 0 Å². The second kappa shape index (κ2) is 4.88. The molecule has 0 aliphatic heterocycles. The number of nitrogens with one attached hydrogen (secondary N) is 1. The van der Waals surface area contributed by atoms with Crippen molar-refractivity contribution in [2.45, 2.75) is 0 Å². The molecule has 0 atom stereocenters. The Labute approximate surface area is 102 Å². The first-order valence-electron chi connectivity index (χ1n) is 4.76. The molecule has 2 aromatic rings. The lowest BCUT2D eigenvalue weighted by atomic mass is 10.3. The first-order valence-corrected chi connectivity index (χ1v) is 5.13. The van der Waals surface area contributed by atoms with Gasteiger partial charge in [-0.15, -0.1) is 0 Å². The number of rotatable bonds is 3. The summed E-state index contributed by atoms with van der Waals surface area (Å²) in [5, 5.41) is -0.0803. The van der Waals surface area contributed by atoms with Crippen molar-refractivity contribution in [2.75, 3.05) is 7.11 Å². The first kappa shape index (κ1) is 11.5. The van der Waals surface area contributed by atoms with Crippen molar-refractivity contribution in [1.82, 2.24) is 9.97 Å². The Hall–Kier alpha value is -2.01. The third-order valence-corrected chi connectivity index (χ3v) is 2.37. The summed E-state index contributed by atoms with van der Waals surface area (Å²) in [5.74, 6) is 1.30. The number of hydrogen-bond acceptors (Lipinski definition) is 4. The van der Waals surface area contributed by atoms with E-state index < -0.39 is 5.56 Å². The standard InChI is InChI=1S/C11H9ClN2O3/c1-16-7-2-4-8(5-3-7)17-11-9(12)10(15)13-6-14-11/h2-6H,1H3,(H,13,14,15).